The quantitative estimate of drug-likeness (QED) is 0.543. The van der Waals surface area contributed by atoms with E-state index in [1.165, 1.54) is 17.2 Å². The molecule has 0 bridgehead atoms. The number of anilines is 1. The summed E-state index contributed by atoms with van der Waals surface area (Å²) in [6.45, 7) is 1.86. The molecule has 0 spiro atoms. The first kappa shape index (κ1) is 20.4. The third kappa shape index (κ3) is 3.70. The van der Waals surface area contributed by atoms with Crippen LogP contribution < -0.4 is 16.6 Å². The Morgan fingerprint density at radius 3 is 2.26 bits per heavy atom. The van der Waals surface area contributed by atoms with Gasteiger partial charge in [0.25, 0.3) is 5.56 Å². The summed E-state index contributed by atoms with van der Waals surface area (Å²) < 4.78 is 4.12. The number of hydrogen-bond acceptors (Lipinski definition) is 3. The van der Waals surface area contributed by atoms with Crippen molar-refractivity contribution >= 4 is 22.6 Å². The number of hydrogen-bond donors (Lipinski definition) is 1. The zero-order valence-corrected chi connectivity index (χ0v) is 17.8. The lowest BCUT2D eigenvalue weighted by Gasteiger charge is -2.12. The van der Waals surface area contributed by atoms with Gasteiger partial charge in [0.2, 0.25) is 5.91 Å². The standard InChI is InChI=1S/C24H24N4O3/c1-4-16-10-12-18(13-11-16)25-20(29)15-28-21-19(17-8-6-5-7-9-17)14-26(2)22(21)23(30)27(3)24(28)31/h5-14H,4,15H2,1-3H3,(H,25,29). The molecule has 7 heteroatoms. The number of carbonyl (C=O) groups is 1. The monoisotopic (exact) mass is 416 g/mol. The van der Waals surface area contributed by atoms with Gasteiger partial charge in [0.05, 0.1) is 5.52 Å². The van der Waals surface area contributed by atoms with Crippen molar-refractivity contribution in [3.05, 3.63) is 87.2 Å². The number of benzene rings is 2. The highest BCUT2D eigenvalue weighted by molar-refractivity contribution is 5.95. The molecule has 0 aliphatic rings. The molecule has 0 atom stereocenters. The fraction of sp³-hybridized carbons (Fsp3) is 0.208. The van der Waals surface area contributed by atoms with Crippen LogP contribution >= 0.6 is 0 Å². The second-order valence-electron chi connectivity index (χ2n) is 7.55. The highest BCUT2D eigenvalue weighted by atomic mass is 16.2. The first-order valence-electron chi connectivity index (χ1n) is 10.1. The molecule has 0 radical (unpaired) electrons. The number of carbonyl (C=O) groups excluding carboxylic acids is 1. The third-order valence-electron chi connectivity index (χ3n) is 5.48. The van der Waals surface area contributed by atoms with Gasteiger partial charge in [0.15, 0.2) is 0 Å². The van der Waals surface area contributed by atoms with Gasteiger partial charge in [-0.2, -0.15) is 0 Å². The second-order valence-corrected chi connectivity index (χ2v) is 7.55. The molecule has 2 heterocycles. The molecule has 0 fully saturated rings. The minimum absolute atomic E-state index is 0.206. The number of aromatic nitrogens is 3. The molecule has 0 unspecified atom stereocenters. The third-order valence-corrected chi connectivity index (χ3v) is 5.48. The van der Waals surface area contributed by atoms with Crippen molar-refractivity contribution in [3.8, 4) is 11.1 Å². The zero-order valence-electron chi connectivity index (χ0n) is 17.8. The fourth-order valence-electron chi connectivity index (χ4n) is 3.81. The average Bonchev–Trinajstić information content (AvgIpc) is 3.13. The van der Waals surface area contributed by atoms with E-state index in [4.69, 9.17) is 0 Å². The molecule has 1 amide bonds. The van der Waals surface area contributed by atoms with Crippen LogP contribution in [0.25, 0.3) is 22.2 Å². The molecule has 158 valence electrons. The van der Waals surface area contributed by atoms with Gasteiger partial charge in [-0.3, -0.25) is 18.7 Å². The Balaban J connectivity index is 1.82. The van der Waals surface area contributed by atoms with E-state index < -0.39 is 11.2 Å². The van der Waals surface area contributed by atoms with Crippen LogP contribution in [-0.2, 0) is 31.9 Å². The summed E-state index contributed by atoms with van der Waals surface area (Å²) in [6.07, 6.45) is 2.73. The highest BCUT2D eigenvalue weighted by Crippen LogP contribution is 2.27. The van der Waals surface area contributed by atoms with Crippen LogP contribution in [0.3, 0.4) is 0 Å². The first-order chi connectivity index (χ1) is 14.9. The molecule has 1 N–H and O–H groups in total. The normalized spacial score (nSPS) is 11.1. The van der Waals surface area contributed by atoms with Crippen molar-refractivity contribution < 1.29 is 4.79 Å². The maximum Gasteiger partial charge on any atom is 0.331 e. The topological polar surface area (TPSA) is 78.0 Å². The summed E-state index contributed by atoms with van der Waals surface area (Å²) in [4.78, 5) is 38.7. The van der Waals surface area contributed by atoms with E-state index in [1.807, 2.05) is 60.8 Å². The number of nitrogens with zero attached hydrogens (tertiary/aromatic N) is 3. The Hall–Kier alpha value is -3.87. The Morgan fingerprint density at radius 1 is 0.935 bits per heavy atom. The Labute approximate surface area is 179 Å². The summed E-state index contributed by atoms with van der Waals surface area (Å²) >= 11 is 0. The lowest BCUT2D eigenvalue weighted by molar-refractivity contribution is -0.116. The number of rotatable bonds is 5. The molecule has 7 nitrogen and oxygen atoms in total. The molecule has 0 saturated carbocycles. The van der Waals surface area contributed by atoms with Gasteiger partial charge in [-0.25, -0.2) is 4.79 Å². The maximum absolute atomic E-state index is 13.0. The zero-order chi connectivity index (χ0) is 22.1. The molecule has 4 aromatic rings. The lowest BCUT2D eigenvalue weighted by atomic mass is 10.1. The SMILES string of the molecule is CCc1ccc(NC(=O)Cn2c(=O)n(C)c(=O)c3c2c(-c2ccccc2)cn3C)cc1. The maximum atomic E-state index is 13.0. The number of amides is 1. The van der Waals surface area contributed by atoms with Crippen LogP contribution in [0.5, 0.6) is 0 Å². The Bertz CT molecular complexity index is 1380. The van der Waals surface area contributed by atoms with Crippen molar-refractivity contribution in [1.82, 2.24) is 13.7 Å². The number of fused-ring (bicyclic) bond motifs is 1. The molecule has 0 aliphatic heterocycles. The number of nitrogens with one attached hydrogen (secondary N) is 1. The first-order valence-corrected chi connectivity index (χ1v) is 10.1. The van der Waals surface area contributed by atoms with Crippen molar-refractivity contribution in [1.29, 1.82) is 0 Å². The molecule has 0 saturated heterocycles. The van der Waals surface area contributed by atoms with E-state index in [0.29, 0.717) is 16.7 Å². The average molecular weight is 416 g/mol. The van der Waals surface area contributed by atoms with Gasteiger partial charge in [0.1, 0.15) is 12.1 Å². The Morgan fingerprint density at radius 2 is 1.61 bits per heavy atom. The van der Waals surface area contributed by atoms with E-state index in [9.17, 15) is 14.4 Å². The van der Waals surface area contributed by atoms with Crippen LogP contribution in [0.15, 0.2) is 70.4 Å². The molecule has 31 heavy (non-hydrogen) atoms. The predicted octanol–water partition coefficient (Wildman–Crippen LogP) is 2.91. The molecule has 0 aliphatic carbocycles. The van der Waals surface area contributed by atoms with E-state index in [-0.39, 0.29) is 12.5 Å². The summed E-state index contributed by atoms with van der Waals surface area (Å²) in [5.41, 5.74) is 3.34. The minimum atomic E-state index is -0.530. The molecular formula is C24H24N4O3. The van der Waals surface area contributed by atoms with Crippen LogP contribution in [0.2, 0.25) is 0 Å². The summed E-state index contributed by atoms with van der Waals surface area (Å²) in [7, 11) is 3.19. The van der Waals surface area contributed by atoms with Crippen molar-refractivity contribution in [2.75, 3.05) is 5.32 Å². The molecular weight excluding hydrogens is 392 g/mol. The van der Waals surface area contributed by atoms with E-state index in [2.05, 4.69) is 12.2 Å². The van der Waals surface area contributed by atoms with Crippen LogP contribution in [0, 0.1) is 0 Å². The van der Waals surface area contributed by atoms with Crippen molar-refractivity contribution in [3.63, 3.8) is 0 Å². The Kier molecular flexibility index (Phi) is 5.33. The largest absolute Gasteiger partial charge is 0.344 e. The van der Waals surface area contributed by atoms with Gasteiger partial charge < -0.3 is 9.88 Å². The van der Waals surface area contributed by atoms with Crippen molar-refractivity contribution in [2.24, 2.45) is 14.1 Å². The van der Waals surface area contributed by atoms with Crippen LogP contribution in [-0.4, -0.2) is 19.6 Å². The van der Waals surface area contributed by atoms with E-state index in [0.717, 1.165) is 22.1 Å². The predicted molar refractivity (Wildman–Crippen MR) is 122 cm³/mol. The van der Waals surface area contributed by atoms with Crippen LogP contribution in [0.1, 0.15) is 12.5 Å². The smallest absolute Gasteiger partial charge is 0.331 e. The molecule has 2 aromatic heterocycles. The van der Waals surface area contributed by atoms with Crippen molar-refractivity contribution in [2.45, 2.75) is 19.9 Å². The molecule has 2 aromatic carbocycles. The van der Waals surface area contributed by atoms with E-state index >= 15 is 0 Å². The summed E-state index contributed by atoms with van der Waals surface area (Å²) in [6, 6.07) is 17.1. The minimum Gasteiger partial charge on any atom is -0.344 e. The van der Waals surface area contributed by atoms with E-state index in [1.54, 1.807) is 11.6 Å². The highest BCUT2D eigenvalue weighted by Gasteiger charge is 2.20. The summed E-state index contributed by atoms with van der Waals surface area (Å²) in [5, 5.41) is 2.84. The second kappa shape index (κ2) is 8.10. The number of aryl methyl sites for hydroxylation is 2. The van der Waals surface area contributed by atoms with Crippen LogP contribution in [0.4, 0.5) is 5.69 Å². The summed E-state index contributed by atoms with van der Waals surface area (Å²) in [5.74, 6) is -0.339. The fourth-order valence-corrected chi connectivity index (χ4v) is 3.81. The van der Waals surface area contributed by atoms with Gasteiger partial charge in [-0.1, -0.05) is 49.4 Å². The van der Waals surface area contributed by atoms with Gasteiger partial charge in [-0.05, 0) is 29.7 Å². The lowest BCUT2D eigenvalue weighted by Crippen LogP contribution is -2.40. The van der Waals surface area contributed by atoms with Gasteiger partial charge in [0, 0.05) is 31.5 Å². The molecule has 4 rings (SSSR count). The van der Waals surface area contributed by atoms with Gasteiger partial charge in [-0.15, -0.1) is 0 Å². The van der Waals surface area contributed by atoms with Gasteiger partial charge >= 0.3 is 5.69 Å².